The van der Waals surface area contributed by atoms with Crippen molar-refractivity contribution in [3.8, 4) is 0 Å². The Hall–Kier alpha value is -1.06. The second-order valence-electron chi connectivity index (χ2n) is 3.50. The van der Waals surface area contributed by atoms with Gasteiger partial charge in [0.15, 0.2) is 0 Å². The van der Waals surface area contributed by atoms with Crippen LogP contribution >= 0.6 is 0 Å². The SMILES string of the molecule is O=CNC(C(=O)O)C1CCCCC1. The molecular formula is C9H15NO3. The summed E-state index contributed by atoms with van der Waals surface area (Å²) in [4.78, 5) is 21.0. The third-order valence-electron chi connectivity index (χ3n) is 2.63. The van der Waals surface area contributed by atoms with Crippen molar-refractivity contribution in [3.05, 3.63) is 0 Å². The van der Waals surface area contributed by atoms with Gasteiger partial charge < -0.3 is 10.4 Å². The minimum Gasteiger partial charge on any atom is -0.480 e. The van der Waals surface area contributed by atoms with Crippen molar-refractivity contribution in [2.45, 2.75) is 38.1 Å². The Morgan fingerprint density at radius 2 is 2.00 bits per heavy atom. The monoisotopic (exact) mass is 185 g/mol. The number of hydrogen-bond acceptors (Lipinski definition) is 2. The maximum Gasteiger partial charge on any atom is 0.326 e. The summed E-state index contributed by atoms with van der Waals surface area (Å²) >= 11 is 0. The van der Waals surface area contributed by atoms with Gasteiger partial charge in [-0.2, -0.15) is 0 Å². The van der Waals surface area contributed by atoms with Gasteiger partial charge in [-0.25, -0.2) is 4.79 Å². The van der Waals surface area contributed by atoms with E-state index in [1.54, 1.807) is 0 Å². The highest BCUT2D eigenvalue weighted by Gasteiger charge is 2.28. The lowest BCUT2D eigenvalue weighted by Crippen LogP contribution is -2.42. The second-order valence-corrected chi connectivity index (χ2v) is 3.50. The predicted octanol–water partition coefficient (Wildman–Crippen LogP) is 0.766. The normalized spacial score (nSPS) is 20.6. The number of aliphatic carboxylic acids is 1. The lowest BCUT2D eigenvalue weighted by molar-refractivity contribution is -0.142. The van der Waals surface area contributed by atoms with Gasteiger partial charge in [-0.1, -0.05) is 19.3 Å². The standard InChI is InChI=1S/C9H15NO3/c11-6-10-8(9(12)13)7-4-2-1-3-5-7/h6-8H,1-5H2,(H,10,11)(H,12,13). The van der Waals surface area contributed by atoms with Gasteiger partial charge in [0.1, 0.15) is 6.04 Å². The van der Waals surface area contributed by atoms with E-state index in [-0.39, 0.29) is 5.92 Å². The number of hydrogen-bond donors (Lipinski definition) is 2. The summed E-state index contributed by atoms with van der Waals surface area (Å²) in [6, 6.07) is -0.683. The molecule has 0 radical (unpaired) electrons. The third kappa shape index (κ3) is 2.72. The van der Waals surface area contributed by atoms with E-state index in [9.17, 15) is 9.59 Å². The molecule has 1 fully saturated rings. The summed E-state index contributed by atoms with van der Waals surface area (Å²) in [5.74, 6) is -0.796. The highest BCUT2D eigenvalue weighted by Crippen LogP contribution is 2.26. The number of carboxylic acid groups (broad SMARTS) is 1. The highest BCUT2D eigenvalue weighted by molar-refractivity contribution is 5.76. The van der Waals surface area contributed by atoms with Crippen LogP contribution in [-0.2, 0) is 9.59 Å². The number of carboxylic acids is 1. The van der Waals surface area contributed by atoms with Crippen LogP contribution in [0, 0.1) is 5.92 Å². The summed E-state index contributed by atoms with van der Waals surface area (Å²) in [5.41, 5.74) is 0. The molecule has 0 spiro atoms. The lowest BCUT2D eigenvalue weighted by Gasteiger charge is -2.26. The Balaban J connectivity index is 2.51. The Bertz CT molecular complexity index is 187. The van der Waals surface area contributed by atoms with Gasteiger partial charge in [0, 0.05) is 0 Å². The fourth-order valence-electron chi connectivity index (χ4n) is 1.95. The van der Waals surface area contributed by atoms with Crippen molar-refractivity contribution >= 4 is 12.4 Å². The van der Waals surface area contributed by atoms with Gasteiger partial charge >= 0.3 is 5.97 Å². The topological polar surface area (TPSA) is 66.4 Å². The van der Waals surface area contributed by atoms with Crippen LogP contribution in [0.25, 0.3) is 0 Å². The fraction of sp³-hybridized carbons (Fsp3) is 0.778. The van der Waals surface area contributed by atoms with E-state index < -0.39 is 12.0 Å². The first-order valence-corrected chi connectivity index (χ1v) is 4.68. The molecule has 1 unspecified atom stereocenters. The summed E-state index contributed by atoms with van der Waals surface area (Å²) in [6.07, 6.45) is 5.65. The Labute approximate surface area is 77.3 Å². The van der Waals surface area contributed by atoms with Crippen LogP contribution in [-0.4, -0.2) is 23.5 Å². The molecule has 0 heterocycles. The number of carbonyl (C=O) groups is 2. The average Bonchev–Trinajstić information content (AvgIpc) is 2.15. The van der Waals surface area contributed by atoms with E-state index in [1.807, 2.05) is 0 Å². The van der Waals surface area contributed by atoms with E-state index in [2.05, 4.69) is 5.32 Å². The molecule has 0 aliphatic heterocycles. The molecular weight excluding hydrogens is 170 g/mol. The van der Waals surface area contributed by atoms with E-state index >= 15 is 0 Å². The van der Waals surface area contributed by atoms with Crippen LogP contribution < -0.4 is 5.32 Å². The van der Waals surface area contributed by atoms with Crippen LogP contribution in [0.3, 0.4) is 0 Å². The Morgan fingerprint density at radius 1 is 1.38 bits per heavy atom. The summed E-state index contributed by atoms with van der Waals surface area (Å²) in [6.45, 7) is 0. The molecule has 1 atom stereocenters. The van der Waals surface area contributed by atoms with E-state index in [0.717, 1.165) is 25.7 Å². The predicted molar refractivity (Wildman–Crippen MR) is 47.2 cm³/mol. The molecule has 0 aromatic carbocycles. The van der Waals surface area contributed by atoms with Crippen LogP contribution in [0.2, 0.25) is 0 Å². The van der Waals surface area contributed by atoms with E-state index in [0.29, 0.717) is 6.41 Å². The van der Waals surface area contributed by atoms with Crippen LogP contribution in [0.4, 0.5) is 0 Å². The average molecular weight is 185 g/mol. The summed E-state index contributed by atoms with van der Waals surface area (Å²) in [5, 5.41) is 11.2. The molecule has 1 aliphatic carbocycles. The minimum atomic E-state index is -0.918. The Morgan fingerprint density at radius 3 is 2.46 bits per heavy atom. The van der Waals surface area contributed by atoms with Crippen LogP contribution in [0.1, 0.15) is 32.1 Å². The molecule has 0 bridgehead atoms. The molecule has 0 aromatic rings. The molecule has 2 N–H and O–H groups in total. The van der Waals surface area contributed by atoms with Crippen molar-refractivity contribution in [3.63, 3.8) is 0 Å². The molecule has 0 aromatic heterocycles. The van der Waals surface area contributed by atoms with Gasteiger partial charge in [-0.3, -0.25) is 4.79 Å². The van der Waals surface area contributed by atoms with E-state index in [1.165, 1.54) is 6.42 Å². The number of amides is 1. The molecule has 1 aliphatic rings. The maximum absolute atomic E-state index is 10.8. The van der Waals surface area contributed by atoms with Crippen molar-refractivity contribution in [2.24, 2.45) is 5.92 Å². The first-order chi connectivity index (χ1) is 6.25. The summed E-state index contributed by atoms with van der Waals surface area (Å²) < 4.78 is 0. The molecule has 13 heavy (non-hydrogen) atoms. The number of nitrogens with one attached hydrogen (secondary N) is 1. The molecule has 4 heteroatoms. The summed E-state index contributed by atoms with van der Waals surface area (Å²) in [7, 11) is 0. The minimum absolute atomic E-state index is 0.122. The largest absolute Gasteiger partial charge is 0.480 e. The Kier molecular flexibility index (Phi) is 3.73. The quantitative estimate of drug-likeness (QED) is 0.635. The third-order valence-corrected chi connectivity index (χ3v) is 2.63. The van der Waals surface area contributed by atoms with Crippen LogP contribution in [0.15, 0.2) is 0 Å². The zero-order chi connectivity index (χ0) is 9.68. The van der Waals surface area contributed by atoms with Gasteiger partial charge in [-0.05, 0) is 18.8 Å². The number of carbonyl (C=O) groups excluding carboxylic acids is 1. The van der Waals surface area contributed by atoms with Crippen molar-refractivity contribution < 1.29 is 14.7 Å². The van der Waals surface area contributed by atoms with Gasteiger partial charge in [-0.15, -0.1) is 0 Å². The molecule has 4 nitrogen and oxygen atoms in total. The number of rotatable bonds is 4. The van der Waals surface area contributed by atoms with Crippen molar-refractivity contribution in [2.75, 3.05) is 0 Å². The van der Waals surface area contributed by atoms with Gasteiger partial charge in [0.05, 0.1) is 0 Å². The van der Waals surface area contributed by atoms with Crippen molar-refractivity contribution in [1.82, 2.24) is 5.32 Å². The zero-order valence-electron chi connectivity index (χ0n) is 7.53. The first kappa shape index (κ1) is 10.0. The van der Waals surface area contributed by atoms with Gasteiger partial charge in [0.2, 0.25) is 6.41 Å². The molecule has 0 saturated heterocycles. The van der Waals surface area contributed by atoms with Crippen LogP contribution in [0.5, 0.6) is 0 Å². The highest BCUT2D eigenvalue weighted by atomic mass is 16.4. The fourth-order valence-corrected chi connectivity index (χ4v) is 1.95. The maximum atomic E-state index is 10.8. The van der Waals surface area contributed by atoms with E-state index in [4.69, 9.17) is 5.11 Å². The molecule has 1 rings (SSSR count). The zero-order valence-corrected chi connectivity index (χ0v) is 7.53. The smallest absolute Gasteiger partial charge is 0.326 e. The first-order valence-electron chi connectivity index (χ1n) is 4.68. The van der Waals surface area contributed by atoms with Gasteiger partial charge in [0.25, 0.3) is 0 Å². The molecule has 74 valence electrons. The molecule has 1 amide bonds. The van der Waals surface area contributed by atoms with Crippen molar-refractivity contribution in [1.29, 1.82) is 0 Å². The molecule has 1 saturated carbocycles. The lowest BCUT2D eigenvalue weighted by atomic mass is 9.84. The second kappa shape index (κ2) is 4.84.